The van der Waals surface area contributed by atoms with Crippen molar-refractivity contribution in [1.82, 2.24) is 11.3 Å². The highest BCUT2D eigenvalue weighted by atomic mass is 19.1. The first-order valence-corrected chi connectivity index (χ1v) is 2.44. The van der Waals surface area contributed by atoms with Crippen LogP contribution >= 0.6 is 0 Å². The van der Waals surface area contributed by atoms with Gasteiger partial charge in [0.2, 0.25) is 0 Å². The molecule has 1 rings (SSSR count). The lowest BCUT2D eigenvalue weighted by molar-refractivity contribution is 0.616. The van der Waals surface area contributed by atoms with Crippen LogP contribution in [0.1, 0.15) is 0 Å². The van der Waals surface area contributed by atoms with Crippen LogP contribution in [0.15, 0.2) is 24.3 Å². The molecule has 1 aromatic carbocycles. The SMILES string of the molecule is [N][N+]c1ccccc1F. The third-order valence-electron chi connectivity index (χ3n) is 0.960. The summed E-state index contributed by atoms with van der Waals surface area (Å²) in [6.07, 6.45) is 0. The molecule has 1 aromatic rings. The summed E-state index contributed by atoms with van der Waals surface area (Å²) in [4.78, 5) is 0. The number of hydrogen-bond donors (Lipinski definition) is 0. The van der Waals surface area contributed by atoms with Crippen LogP contribution in [-0.4, -0.2) is 0 Å². The van der Waals surface area contributed by atoms with Gasteiger partial charge < -0.3 is 0 Å². The van der Waals surface area contributed by atoms with E-state index in [0.717, 1.165) is 0 Å². The molecule has 0 atom stereocenters. The average molecular weight is 123 g/mol. The molecule has 0 aliphatic heterocycles. The Balaban J connectivity index is 3.01. The van der Waals surface area contributed by atoms with Crippen LogP contribution < -0.4 is 11.3 Å². The van der Waals surface area contributed by atoms with Crippen LogP contribution in [0.5, 0.6) is 0 Å². The van der Waals surface area contributed by atoms with Gasteiger partial charge in [-0.3, -0.25) is 0 Å². The lowest BCUT2D eigenvalue weighted by Crippen LogP contribution is -1.92. The average Bonchev–Trinajstić information content (AvgIpc) is 1.89. The Morgan fingerprint density at radius 1 is 1.33 bits per heavy atom. The number of halogens is 1. The number of nitrogens with zero attached hydrogens (tertiary/aromatic N) is 2. The second-order valence-corrected chi connectivity index (χ2v) is 1.55. The van der Waals surface area contributed by atoms with Crippen molar-refractivity contribution in [2.24, 2.45) is 0 Å². The molecule has 0 fully saturated rings. The molecule has 0 aliphatic carbocycles. The minimum absolute atomic E-state index is 0.0301. The van der Waals surface area contributed by atoms with Gasteiger partial charge in [-0.1, -0.05) is 12.1 Å². The maximum absolute atomic E-state index is 12.3. The number of hydrogen-bond acceptors (Lipinski definition) is 0. The summed E-state index contributed by atoms with van der Waals surface area (Å²) in [6, 6.07) is 5.74. The first-order chi connectivity index (χ1) is 4.34. The van der Waals surface area contributed by atoms with Crippen LogP contribution in [0.4, 0.5) is 10.1 Å². The fourth-order valence-corrected chi connectivity index (χ4v) is 0.533. The molecule has 0 heterocycles. The monoisotopic (exact) mass is 123 g/mol. The molecule has 0 saturated carbocycles. The minimum atomic E-state index is -0.514. The molecule has 0 aliphatic rings. The van der Waals surface area contributed by atoms with Gasteiger partial charge in [0, 0.05) is 6.07 Å². The zero-order valence-electron chi connectivity index (χ0n) is 4.58. The molecule has 9 heavy (non-hydrogen) atoms. The molecule has 3 heteroatoms. The molecule has 44 valence electrons. The molecule has 0 bridgehead atoms. The molecule has 0 saturated heterocycles. The van der Waals surface area contributed by atoms with E-state index in [4.69, 9.17) is 5.84 Å². The summed E-state index contributed by atoms with van der Waals surface area (Å²) in [6.45, 7) is 0. The van der Waals surface area contributed by atoms with E-state index in [-0.39, 0.29) is 5.69 Å². The van der Waals surface area contributed by atoms with Crippen molar-refractivity contribution in [2.45, 2.75) is 0 Å². The molecule has 4 radical (unpaired) electrons. The van der Waals surface area contributed by atoms with Gasteiger partial charge in [-0.05, 0) is 6.07 Å². The lowest BCUT2D eigenvalue weighted by Gasteiger charge is -1.80. The van der Waals surface area contributed by atoms with Gasteiger partial charge in [0.05, 0.1) is 0 Å². The van der Waals surface area contributed by atoms with E-state index in [2.05, 4.69) is 5.43 Å². The molecule has 0 N–H and O–H groups in total. The van der Waals surface area contributed by atoms with E-state index in [0.29, 0.717) is 0 Å². The van der Waals surface area contributed by atoms with Crippen molar-refractivity contribution in [1.29, 1.82) is 0 Å². The molecule has 0 spiro atoms. The van der Waals surface area contributed by atoms with Crippen LogP contribution in [0, 0.1) is 5.82 Å². The topological polar surface area (TPSA) is 36.4 Å². The van der Waals surface area contributed by atoms with Crippen LogP contribution in [0.25, 0.3) is 0 Å². The molecule has 0 aromatic heterocycles. The van der Waals surface area contributed by atoms with E-state index in [1.54, 1.807) is 6.07 Å². The normalized spacial score (nSPS) is 9.56. The summed E-state index contributed by atoms with van der Waals surface area (Å²) in [7, 11) is 0. The van der Waals surface area contributed by atoms with E-state index in [1.165, 1.54) is 18.2 Å². The second-order valence-electron chi connectivity index (χ2n) is 1.55. The highest BCUT2D eigenvalue weighted by Gasteiger charge is 2.12. The summed E-state index contributed by atoms with van der Waals surface area (Å²) in [5.41, 5.74) is 2.66. The summed E-state index contributed by atoms with van der Waals surface area (Å²) in [5.74, 6) is 7.59. The number of benzene rings is 1. The van der Waals surface area contributed by atoms with Crippen molar-refractivity contribution >= 4 is 5.69 Å². The van der Waals surface area contributed by atoms with Crippen molar-refractivity contribution in [3.63, 3.8) is 0 Å². The Hall–Kier alpha value is -0.930. The van der Waals surface area contributed by atoms with Gasteiger partial charge >= 0.3 is 5.69 Å². The third kappa shape index (κ3) is 1.25. The summed E-state index contributed by atoms with van der Waals surface area (Å²) in [5, 5.41) is 0. The molecule has 2 nitrogen and oxygen atoms in total. The highest BCUT2D eigenvalue weighted by molar-refractivity contribution is 5.35. The van der Waals surface area contributed by atoms with Crippen LogP contribution in [0.2, 0.25) is 0 Å². The van der Waals surface area contributed by atoms with Gasteiger partial charge in [0.15, 0.2) is 5.82 Å². The third-order valence-corrected chi connectivity index (χ3v) is 0.960. The molecule has 0 unspecified atom stereocenters. The zero-order chi connectivity index (χ0) is 6.69. The van der Waals surface area contributed by atoms with Crippen LogP contribution in [-0.2, 0) is 0 Å². The molecule has 0 amide bonds. The fraction of sp³-hybridized carbons (Fsp3) is 0. The Kier molecular flexibility index (Phi) is 1.77. The van der Waals surface area contributed by atoms with Gasteiger partial charge in [0.1, 0.15) is 0 Å². The Morgan fingerprint density at radius 2 is 2.00 bits per heavy atom. The maximum Gasteiger partial charge on any atom is 0.315 e. The Morgan fingerprint density at radius 3 is 2.44 bits per heavy atom. The lowest BCUT2D eigenvalue weighted by atomic mass is 10.3. The van der Waals surface area contributed by atoms with E-state index in [9.17, 15) is 4.39 Å². The maximum atomic E-state index is 12.3. The molecular weight excluding hydrogens is 119 g/mol. The number of rotatable bonds is 1. The quantitative estimate of drug-likeness (QED) is 0.500. The van der Waals surface area contributed by atoms with Crippen molar-refractivity contribution in [3.8, 4) is 0 Å². The first-order valence-electron chi connectivity index (χ1n) is 2.44. The van der Waals surface area contributed by atoms with Gasteiger partial charge in [-0.2, -0.15) is 4.39 Å². The fourth-order valence-electron chi connectivity index (χ4n) is 0.533. The standard InChI is InChI=1S/C6H4FN2/c7-5-3-1-2-4-6(5)9-8/h1-4H/q+1. The largest absolute Gasteiger partial charge is 0.315 e. The smallest absolute Gasteiger partial charge is 0.200 e. The van der Waals surface area contributed by atoms with Gasteiger partial charge in [-0.25, -0.2) is 0 Å². The van der Waals surface area contributed by atoms with Crippen LogP contribution in [0.3, 0.4) is 0 Å². The van der Waals surface area contributed by atoms with Gasteiger partial charge in [0.25, 0.3) is 11.3 Å². The predicted molar refractivity (Wildman–Crippen MR) is 30.3 cm³/mol. The summed E-state index contributed by atoms with van der Waals surface area (Å²) >= 11 is 0. The van der Waals surface area contributed by atoms with E-state index < -0.39 is 5.82 Å². The molecular formula is C6H4FN2+. The zero-order valence-corrected chi connectivity index (χ0v) is 4.58. The summed E-state index contributed by atoms with van der Waals surface area (Å²) < 4.78 is 12.3. The van der Waals surface area contributed by atoms with Crippen molar-refractivity contribution in [3.05, 3.63) is 30.1 Å². The second kappa shape index (κ2) is 2.57. The van der Waals surface area contributed by atoms with E-state index >= 15 is 0 Å². The minimum Gasteiger partial charge on any atom is -0.200 e. The first kappa shape index (κ1) is 6.19. The van der Waals surface area contributed by atoms with Crippen molar-refractivity contribution < 1.29 is 4.39 Å². The predicted octanol–water partition coefficient (Wildman–Crippen LogP) is 1.05. The van der Waals surface area contributed by atoms with E-state index in [1.807, 2.05) is 0 Å². The highest BCUT2D eigenvalue weighted by Crippen LogP contribution is 2.09. The van der Waals surface area contributed by atoms with Gasteiger partial charge in [-0.15, -0.1) is 0 Å². The Labute approximate surface area is 52.5 Å². The van der Waals surface area contributed by atoms with Crippen molar-refractivity contribution in [2.75, 3.05) is 0 Å². The Bertz CT molecular complexity index is 200.